The van der Waals surface area contributed by atoms with Gasteiger partial charge in [0.25, 0.3) is 0 Å². The second-order valence-electron chi connectivity index (χ2n) is 12.4. The average molecular weight is 716 g/mol. The number of nitrogens with zero attached hydrogens (tertiary/aromatic N) is 1. The van der Waals surface area contributed by atoms with Crippen molar-refractivity contribution in [2.45, 2.75) is 123 Å². The molecule has 0 aromatic rings. The predicted octanol–water partition coefficient (Wildman–Crippen LogP) is -8.66. The highest BCUT2D eigenvalue weighted by Gasteiger charge is 2.49. The molecule has 4 heterocycles. The van der Waals surface area contributed by atoms with Crippen molar-refractivity contribution >= 4 is 17.8 Å². The highest BCUT2D eigenvalue weighted by Crippen LogP contribution is 2.28. The first kappa shape index (κ1) is 39.6. The van der Waals surface area contributed by atoms with Crippen LogP contribution in [-0.4, -0.2) is 209 Å². The molecule has 17 atom stereocenters. The minimum absolute atomic E-state index is 0.142. The Hall–Kier alpha value is -2.23. The van der Waals surface area contributed by atoms with Crippen molar-refractivity contribution < 1.29 is 94.2 Å². The van der Waals surface area contributed by atoms with Gasteiger partial charge in [0.2, 0.25) is 11.8 Å². The van der Waals surface area contributed by atoms with Crippen LogP contribution in [-0.2, 0) is 38.1 Å². The molecule has 0 unspecified atom stereocenters. The molecule has 0 aromatic carbocycles. The summed E-state index contributed by atoms with van der Waals surface area (Å²) in [7, 11) is 0. The molecule has 0 aromatic heterocycles. The topological polar surface area (TPSA) is 361 Å². The van der Waals surface area contributed by atoms with Crippen LogP contribution in [0.4, 0.5) is 0 Å². The Morgan fingerprint density at radius 2 is 1.22 bits per heavy atom. The van der Waals surface area contributed by atoms with E-state index in [9.17, 15) is 70.6 Å². The molecule has 4 aliphatic heterocycles. The Kier molecular flexibility index (Phi) is 13.6. The molecule has 0 radical (unpaired) electrons. The Labute approximate surface area is 278 Å². The van der Waals surface area contributed by atoms with E-state index in [1.54, 1.807) is 0 Å². The summed E-state index contributed by atoms with van der Waals surface area (Å²) in [5.41, 5.74) is 5.85. The molecule has 49 heavy (non-hydrogen) atoms. The molecule has 4 aliphatic rings. The smallest absolute Gasteiger partial charge is 0.326 e. The van der Waals surface area contributed by atoms with Crippen LogP contribution in [0.15, 0.2) is 0 Å². The molecule has 4 saturated heterocycles. The van der Waals surface area contributed by atoms with Crippen LogP contribution in [0.25, 0.3) is 0 Å². The predicted molar refractivity (Wildman–Crippen MR) is 152 cm³/mol. The summed E-state index contributed by atoms with van der Waals surface area (Å²) in [6.45, 7) is -1.94. The second kappa shape index (κ2) is 16.9. The van der Waals surface area contributed by atoms with Gasteiger partial charge >= 0.3 is 5.97 Å². The van der Waals surface area contributed by atoms with Crippen molar-refractivity contribution in [3.05, 3.63) is 0 Å². The number of aliphatic hydroxyl groups is 10. The number of hydrogen-bond acceptors (Lipinski definition) is 19. The number of carboxylic acids is 1. The number of aliphatic carboxylic acids is 1. The lowest BCUT2D eigenvalue weighted by molar-refractivity contribution is -0.336. The van der Waals surface area contributed by atoms with E-state index in [1.165, 1.54) is 0 Å². The van der Waals surface area contributed by atoms with E-state index >= 15 is 0 Å². The van der Waals surface area contributed by atoms with Crippen molar-refractivity contribution in [1.29, 1.82) is 0 Å². The summed E-state index contributed by atoms with van der Waals surface area (Å²) >= 11 is 0. The fourth-order valence-electron chi connectivity index (χ4n) is 5.99. The van der Waals surface area contributed by atoms with E-state index in [0.717, 1.165) is 4.90 Å². The summed E-state index contributed by atoms with van der Waals surface area (Å²) in [4.78, 5) is 37.8. The zero-order chi connectivity index (χ0) is 36.3. The Bertz CT molecular complexity index is 1140. The minimum Gasteiger partial charge on any atom is -0.480 e. The molecule has 22 nitrogen and oxygen atoms in total. The van der Waals surface area contributed by atoms with E-state index in [4.69, 9.17) is 29.4 Å². The monoisotopic (exact) mass is 715 g/mol. The van der Waals surface area contributed by atoms with Gasteiger partial charge in [-0.2, -0.15) is 0 Å². The number of aliphatic hydroxyl groups excluding tert-OH is 10. The fraction of sp³-hybridized carbons (Fsp3) is 0.889. The van der Waals surface area contributed by atoms with Gasteiger partial charge in [0.05, 0.1) is 32.3 Å². The fourth-order valence-corrected chi connectivity index (χ4v) is 5.99. The Balaban J connectivity index is 1.32. The third kappa shape index (κ3) is 8.81. The number of carbonyl (C=O) groups is 3. The summed E-state index contributed by atoms with van der Waals surface area (Å²) in [5.74, 6) is -2.91. The maximum atomic E-state index is 12.7. The van der Waals surface area contributed by atoms with E-state index < -0.39 is 148 Å². The number of nitrogens with one attached hydrogen (secondary N) is 1. The van der Waals surface area contributed by atoms with E-state index in [1.807, 2.05) is 0 Å². The van der Waals surface area contributed by atoms with Crippen LogP contribution in [0, 0.1) is 0 Å². The van der Waals surface area contributed by atoms with Crippen molar-refractivity contribution in [1.82, 2.24) is 10.2 Å². The van der Waals surface area contributed by atoms with Crippen LogP contribution in [0.3, 0.4) is 0 Å². The number of rotatable bonds is 12. The normalized spacial score (nSPS) is 43.6. The maximum Gasteiger partial charge on any atom is 0.326 e. The number of carboxylic acid groups (broad SMARTS) is 1. The molecular formula is C27H45N3O19. The largest absolute Gasteiger partial charge is 0.480 e. The van der Waals surface area contributed by atoms with Gasteiger partial charge in [0.15, 0.2) is 18.8 Å². The van der Waals surface area contributed by atoms with Crippen molar-refractivity contribution in [3.8, 4) is 0 Å². The first-order valence-electron chi connectivity index (χ1n) is 15.6. The van der Waals surface area contributed by atoms with Crippen LogP contribution in [0.2, 0.25) is 0 Å². The molecule has 0 spiro atoms. The Morgan fingerprint density at radius 1 is 0.735 bits per heavy atom. The first-order chi connectivity index (χ1) is 23.1. The first-order valence-corrected chi connectivity index (χ1v) is 15.6. The molecule has 282 valence electrons. The lowest BCUT2D eigenvalue weighted by Crippen LogP contribution is -2.64. The molecule has 0 bridgehead atoms. The molecule has 4 rings (SSSR count). The van der Waals surface area contributed by atoms with Crippen molar-refractivity contribution in [2.75, 3.05) is 26.4 Å². The molecule has 14 N–H and O–H groups in total. The third-order valence-electron chi connectivity index (χ3n) is 8.93. The number of ether oxygens (including phenoxy) is 5. The molecule has 0 aliphatic carbocycles. The number of likely N-dealkylation sites (tertiary alicyclic amines) is 1. The van der Waals surface area contributed by atoms with Gasteiger partial charge in [0.1, 0.15) is 79.3 Å². The van der Waals surface area contributed by atoms with Gasteiger partial charge in [-0.1, -0.05) is 0 Å². The lowest BCUT2D eigenvalue weighted by atomic mass is 9.97. The standard InChI is InChI=1S/C27H45N3O19/c28-8(24(42)30-3-1-2-9(30)25(43)44)4-13(32)29-23-20(39)17(36)15(34)11(47-23)6-45-27-22(41)19(38)16(35)12(49-27)7-46-26-21(40)18(37)14(33)10(5-31)48-26/h8-12,14-23,26-27,31,33-41H,1-7,28H2,(H,29,32)(H,43,44)/t8-,9-,10+,11+,12+,14+,15+,16+,17-,18-,19-,20+,21+,22+,23+,26-,27+/m0/s1. The van der Waals surface area contributed by atoms with Gasteiger partial charge in [-0.3, -0.25) is 9.59 Å². The van der Waals surface area contributed by atoms with Gasteiger partial charge in [-0.15, -0.1) is 0 Å². The van der Waals surface area contributed by atoms with Crippen molar-refractivity contribution in [2.24, 2.45) is 5.73 Å². The number of carbonyl (C=O) groups excluding carboxylic acids is 2. The number of nitrogens with two attached hydrogens (primary N) is 1. The quantitative estimate of drug-likeness (QED) is 0.0892. The Morgan fingerprint density at radius 3 is 1.76 bits per heavy atom. The van der Waals surface area contributed by atoms with Gasteiger partial charge in [0, 0.05) is 6.54 Å². The van der Waals surface area contributed by atoms with Crippen LogP contribution in [0.5, 0.6) is 0 Å². The van der Waals surface area contributed by atoms with E-state index in [-0.39, 0.29) is 13.0 Å². The van der Waals surface area contributed by atoms with Gasteiger partial charge in [-0.25, -0.2) is 4.79 Å². The molecule has 22 heteroatoms. The third-order valence-corrected chi connectivity index (χ3v) is 8.93. The lowest BCUT2D eigenvalue weighted by Gasteiger charge is -2.44. The van der Waals surface area contributed by atoms with E-state index in [0.29, 0.717) is 6.42 Å². The number of amides is 2. The second-order valence-corrected chi connectivity index (χ2v) is 12.4. The van der Waals surface area contributed by atoms with Crippen LogP contribution >= 0.6 is 0 Å². The summed E-state index contributed by atoms with van der Waals surface area (Å²) in [5, 5.41) is 114. The number of hydrogen-bond donors (Lipinski definition) is 13. The van der Waals surface area contributed by atoms with Crippen molar-refractivity contribution in [3.63, 3.8) is 0 Å². The molecular weight excluding hydrogens is 670 g/mol. The molecule has 4 fully saturated rings. The van der Waals surface area contributed by atoms with Crippen LogP contribution in [0.1, 0.15) is 19.3 Å². The minimum atomic E-state index is -1.91. The SMILES string of the molecule is N[C@@H](CC(=O)N[C@@H]1O[C@H](CO[C@@H]2O[C@H](CO[C@H]3O[C@H](CO)[C@@H](O)[C@H](O)[C@H]3O)[C@@H](O)[C@H](O)[C@H]2O)[C@@H](O)[C@H](O)[C@H]1O)C(=O)N1CCC[C@H]1C(=O)O. The van der Waals surface area contributed by atoms with Gasteiger partial charge < -0.3 is 95.8 Å². The zero-order valence-electron chi connectivity index (χ0n) is 26.0. The summed E-state index contributed by atoms with van der Waals surface area (Å²) in [6.07, 6.45) is -25.7. The van der Waals surface area contributed by atoms with E-state index in [2.05, 4.69) is 5.32 Å². The average Bonchev–Trinajstić information content (AvgIpc) is 3.57. The highest BCUT2D eigenvalue weighted by molar-refractivity contribution is 5.91. The zero-order valence-corrected chi connectivity index (χ0v) is 26.0. The molecule has 0 saturated carbocycles. The molecule has 2 amide bonds. The maximum absolute atomic E-state index is 12.7. The van der Waals surface area contributed by atoms with Crippen LogP contribution < -0.4 is 11.1 Å². The summed E-state index contributed by atoms with van der Waals surface area (Å²) in [6, 6.07) is -2.52. The summed E-state index contributed by atoms with van der Waals surface area (Å²) < 4.78 is 27.0. The highest BCUT2D eigenvalue weighted by atomic mass is 16.7. The van der Waals surface area contributed by atoms with Gasteiger partial charge in [-0.05, 0) is 12.8 Å².